The lowest BCUT2D eigenvalue weighted by molar-refractivity contribution is -0.115. The van der Waals surface area contributed by atoms with E-state index >= 15 is 0 Å². The second-order valence-electron chi connectivity index (χ2n) is 7.86. The number of amides is 1. The molecular formula is C22H22FN3O2. The van der Waals surface area contributed by atoms with Crippen LogP contribution in [0.15, 0.2) is 42.5 Å². The van der Waals surface area contributed by atoms with Crippen LogP contribution in [0.1, 0.15) is 34.7 Å². The lowest BCUT2D eigenvalue weighted by atomic mass is 9.89. The number of para-hydroxylation sites is 1. The molecule has 28 heavy (non-hydrogen) atoms. The first-order valence-corrected chi connectivity index (χ1v) is 9.80. The Morgan fingerprint density at radius 3 is 2.82 bits per heavy atom. The Kier molecular flexibility index (Phi) is 4.16. The van der Waals surface area contributed by atoms with Gasteiger partial charge >= 0.3 is 0 Å². The number of hydrogen-bond acceptors (Lipinski definition) is 4. The van der Waals surface area contributed by atoms with Crippen LogP contribution in [0.4, 0.5) is 15.8 Å². The smallest absolute Gasteiger partial charge is 0.243 e. The zero-order valence-electron chi connectivity index (χ0n) is 15.5. The summed E-state index contributed by atoms with van der Waals surface area (Å²) < 4.78 is 13.0. The van der Waals surface area contributed by atoms with E-state index in [2.05, 4.69) is 21.2 Å². The van der Waals surface area contributed by atoms with Gasteiger partial charge in [0.05, 0.1) is 17.9 Å². The number of fused-ring (bicyclic) bond motifs is 3. The summed E-state index contributed by atoms with van der Waals surface area (Å²) in [6, 6.07) is 12.3. The average Bonchev–Trinajstić information content (AvgIpc) is 3.01. The Labute approximate surface area is 163 Å². The van der Waals surface area contributed by atoms with E-state index in [1.54, 1.807) is 12.1 Å². The number of halogens is 1. The molecule has 0 aliphatic carbocycles. The summed E-state index contributed by atoms with van der Waals surface area (Å²) in [5.41, 5.74) is 3.97. The van der Waals surface area contributed by atoms with Gasteiger partial charge in [-0.05, 0) is 42.3 Å². The normalized spacial score (nSPS) is 23.2. The van der Waals surface area contributed by atoms with Gasteiger partial charge in [0.2, 0.25) is 5.91 Å². The third kappa shape index (κ3) is 2.88. The number of ketones is 1. The van der Waals surface area contributed by atoms with Gasteiger partial charge in [-0.2, -0.15) is 0 Å². The van der Waals surface area contributed by atoms with Crippen LogP contribution in [0.2, 0.25) is 0 Å². The fourth-order valence-corrected chi connectivity index (χ4v) is 4.92. The highest BCUT2D eigenvalue weighted by atomic mass is 19.1. The number of rotatable bonds is 4. The second kappa shape index (κ2) is 6.71. The van der Waals surface area contributed by atoms with Crippen LogP contribution in [0.3, 0.4) is 0 Å². The van der Waals surface area contributed by atoms with Crippen molar-refractivity contribution < 1.29 is 14.0 Å². The molecule has 1 N–H and O–H groups in total. The van der Waals surface area contributed by atoms with E-state index in [1.807, 2.05) is 12.1 Å². The standard InChI is InChI=1S/C22H22FN3O2/c23-15-6-4-14(5-7-15)20(27)9-11-25-10-8-19-17(12-25)16-2-1-3-18-22(16)26(19)13-21(28)24-18/h1-7,17,19H,8-13H2,(H,24,28)/t17-,19-/m0/s1. The van der Waals surface area contributed by atoms with E-state index in [9.17, 15) is 14.0 Å². The molecule has 2 aromatic rings. The van der Waals surface area contributed by atoms with Crippen molar-refractivity contribution in [3.05, 3.63) is 59.4 Å². The maximum absolute atomic E-state index is 13.0. The van der Waals surface area contributed by atoms with Gasteiger partial charge < -0.3 is 15.1 Å². The minimum atomic E-state index is -0.326. The molecule has 0 spiro atoms. The molecule has 2 aromatic carbocycles. The zero-order chi connectivity index (χ0) is 19.3. The molecule has 0 saturated carbocycles. The van der Waals surface area contributed by atoms with Crippen molar-refractivity contribution in [1.29, 1.82) is 0 Å². The molecular weight excluding hydrogens is 357 g/mol. The molecule has 2 atom stereocenters. The van der Waals surface area contributed by atoms with Crippen molar-refractivity contribution in [2.45, 2.75) is 24.8 Å². The first-order chi connectivity index (χ1) is 13.6. The first-order valence-electron chi connectivity index (χ1n) is 9.80. The Balaban J connectivity index is 1.29. The molecule has 144 valence electrons. The number of Topliss-reactive ketones (excluding diaryl/α,β-unsaturated/α-hetero) is 1. The van der Waals surface area contributed by atoms with Crippen LogP contribution in [0, 0.1) is 5.82 Å². The maximum atomic E-state index is 13.0. The van der Waals surface area contributed by atoms with Crippen LogP contribution >= 0.6 is 0 Å². The Morgan fingerprint density at radius 2 is 2.00 bits per heavy atom. The number of anilines is 2. The van der Waals surface area contributed by atoms with Crippen LogP contribution in [0.5, 0.6) is 0 Å². The highest BCUT2D eigenvalue weighted by Gasteiger charge is 2.45. The van der Waals surface area contributed by atoms with E-state index in [4.69, 9.17) is 0 Å². The topological polar surface area (TPSA) is 52.7 Å². The molecule has 1 saturated heterocycles. The average molecular weight is 379 g/mol. The number of piperidine rings is 1. The maximum Gasteiger partial charge on any atom is 0.243 e. The highest BCUT2D eigenvalue weighted by Crippen LogP contribution is 2.49. The van der Waals surface area contributed by atoms with Crippen molar-refractivity contribution in [1.82, 2.24) is 4.90 Å². The van der Waals surface area contributed by atoms with Crippen LogP contribution in [-0.2, 0) is 4.79 Å². The predicted molar refractivity (Wildman–Crippen MR) is 105 cm³/mol. The fourth-order valence-electron chi connectivity index (χ4n) is 4.92. The Bertz CT molecular complexity index is 943. The first kappa shape index (κ1) is 17.4. The molecule has 0 bridgehead atoms. The number of carbonyl (C=O) groups excluding carboxylic acids is 2. The molecule has 3 aliphatic rings. The lowest BCUT2D eigenvalue weighted by Gasteiger charge is -2.39. The SMILES string of the molecule is O=C1CN2c3c(cccc3[C@@H]3CN(CCC(=O)c4ccc(F)cc4)CC[C@@H]32)N1. The number of hydrogen-bond donors (Lipinski definition) is 1. The molecule has 3 aliphatic heterocycles. The summed E-state index contributed by atoms with van der Waals surface area (Å²) >= 11 is 0. The van der Waals surface area contributed by atoms with E-state index < -0.39 is 0 Å². The summed E-state index contributed by atoms with van der Waals surface area (Å²) in [6.07, 6.45) is 1.41. The largest absolute Gasteiger partial charge is 0.357 e. The Morgan fingerprint density at radius 1 is 1.18 bits per heavy atom. The summed E-state index contributed by atoms with van der Waals surface area (Å²) in [4.78, 5) is 29.1. The van der Waals surface area contributed by atoms with Gasteiger partial charge in [0.1, 0.15) is 5.82 Å². The molecule has 5 nitrogen and oxygen atoms in total. The van der Waals surface area contributed by atoms with Crippen molar-refractivity contribution >= 4 is 23.1 Å². The molecule has 6 heteroatoms. The van der Waals surface area contributed by atoms with E-state index in [1.165, 1.54) is 23.4 Å². The van der Waals surface area contributed by atoms with Gasteiger partial charge in [0, 0.05) is 43.6 Å². The molecule has 0 radical (unpaired) electrons. The van der Waals surface area contributed by atoms with Crippen molar-refractivity contribution in [2.75, 3.05) is 36.4 Å². The van der Waals surface area contributed by atoms with E-state index in [-0.39, 0.29) is 17.5 Å². The van der Waals surface area contributed by atoms with Gasteiger partial charge in [0.25, 0.3) is 0 Å². The molecule has 1 amide bonds. The molecule has 0 aromatic heterocycles. The summed E-state index contributed by atoms with van der Waals surface area (Å²) in [5.74, 6) is 0.133. The highest BCUT2D eigenvalue weighted by molar-refractivity contribution is 6.03. The van der Waals surface area contributed by atoms with Gasteiger partial charge in [-0.15, -0.1) is 0 Å². The third-order valence-electron chi connectivity index (χ3n) is 6.22. The van der Waals surface area contributed by atoms with Gasteiger partial charge in [-0.3, -0.25) is 9.59 Å². The van der Waals surface area contributed by atoms with Crippen LogP contribution < -0.4 is 10.2 Å². The van der Waals surface area contributed by atoms with Crippen molar-refractivity contribution in [3.63, 3.8) is 0 Å². The fraction of sp³-hybridized carbons (Fsp3) is 0.364. The lowest BCUT2D eigenvalue weighted by Crippen LogP contribution is -2.49. The van der Waals surface area contributed by atoms with Crippen molar-refractivity contribution in [2.24, 2.45) is 0 Å². The van der Waals surface area contributed by atoms with E-state index in [0.717, 1.165) is 25.2 Å². The van der Waals surface area contributed by atoms with Gasteiger partial charge in [-0.25, -0.2) is 4.39 Å². The summed E-state index contributed by atoms with van der Waals surface area (Å²) in [7, 11) is 0. The number of nitrogens with zero attached hydrogens (tertiary/aromatic N) is 2. The molecule has 3 heterocycles. The van der Waals surface area contributed by atoms with Gasteiger partial charge in [0.15, 0.2) is 5.78 Å². The second-order valence-corrected chi connectivity index (χ2v) is 7.86. The zero-order valence-corrected chi connectivity index (χ0v) is 15.5. The van der Waals surface area contributed by atoms with Crippen molar-refractivity contribution in [3.8, 4) is 0 Å². The monoisotopic (exact) mass is 379 g/mol. The van der Waals surface area contributed by atoms with Crippen LogP contribution in [-0.4, -0.2) is 48.8 Å². The minimum Gasteiger partial charge on any atom is -0.357 e. The quantitative estimate of drug-likeness (QED) is 0.830. The predicted octanol–water partition coefficient (Wildman–Crippen LogP) is 3.03. The molecule has 0 unspecified atom stereocenters. The Hall–Kier alpha value is -2.73. The number of benzene rings is 2. The number of nitrogens with one attached hydrogen (secondary N) is 1. The van der Waals surface area contributed by atoms with Crippen LogP contribution in [0.25, 0.3) is 0 Å². The number of carbonyl (C=O) groups is 2. The summed E-state index contributed by atoms with van der Waals surface area (Å²) in [5, 5.41) is 2.99. The third-order valence-corrected chi connectivity index (χ3v) is 6.22. The van der Waals surface area contributed by atoms with Gasteiger partial charge in [-0.1, -0.05) is 12.1 Å². The minimum absolute atomic E-state index is 0.0468. The molecule has 1 fully saturated rings. The summed E-state index contributed by atoms with van der Waals surface area (Å²) in [6.45, 7) is 2.93. The molecule has 5 rings (SSSR count). The number of likely N-dealkylation sites (tertiary alicyclic amines) is 1. The van der Waals surface area contributed by atoms with E-state index in [0.29, 0.717) is 37.0 Å².